The Morgan fingerprint density at radius 3 is 2.56 bits per heavy atom. The smallest absolute Gasteiger partial charge is 0.344 e. The molecule has 0 aliphatic heterocycles. The number of carbonyl (C=O) groups is 1. The number of rotatable bonds is 7. The summed E-state index contributed by atoms with van der Waals surface area (Å²) in [5.41, 5.74) is 1.34. The molecule has 1 heterocycles. The number of carboxylic acid groups (broad SMARTS) is 1. The molecule has 0 fully saturated rings. The predicted octanol–water partition coefficient (Wildman–Crippen LogP) is 4.57. The Bertz CT molecular complexity index is 1450. The third-order valence-corrected chi connectivity index (χ3v) is 5.47. The van der Waals surface area contributed by atoms with E-state index in [0.717, 1.165) is 0 Å². The van der Waals surface area contributed by atoms with Gasteiger partial charge in [0.05, 0.1) is 24.2 Å². The van der Waals surface area contributed by atoms with E-state index in [4.69, 9.17) is 9.47 Å². The number of nitrogens with zero attached hydrogens (tertiary/aromatic N) is 3. The Morgan fingerprint density at radius 2 is 1.85 bits per heavy atom. The second-order valence-electron chi connectivity index (χ2n) is 7.30. The molecule has 8 nitrogen and oxygen atoms in total. The molecule has 0 aliphatic rings. The Morgan fingerprint density at radius 1 is 1.15 bits per heavy atom. The highest BCUT2D eigenvalue weighted by molar-refractivity contribution is 9.10. The number of aliphatic carboxylic acids is 1. The lowest BCUT2D eigenvalue weighted by Crippen LogP contribution is -2.24. The molecule has 0 unspecified atom stereocenters. The minimum Gasteiger partial charge on any atom is -0.493 e. The Balaban J connectivity index is 1.91. The van der Waals surface area contributed by atoms with Crippen LogP contribution in [0.4, 0.5) is 0 Å². The van der Waals surface area contributed by atoms with Gasteiger partial charge in [-0.15, -0.1) is 0 Å². The van der Waals surface area contributed by atoms with E-state index in [1.807, 2.05) is 36.4 Å². The van der Waals surface area contributed by atoms with Crippen LogP contribution >= 0.6 is 15.9 Å². The molecule has 9 heteroatoms. The van der Waals surface area contributed by atoms with Crippen molar-refractivity contribution in [3.63, 3.8) is 0 Å². The van der Waals surface area contributed by atoms with Crippen LogP contribution in [0.15, 0.2) is 81.1 Å². The van der Waals surface area contributed by atoms with E-state index in [9.17, 15) is 14.7 Å². The van der Waals surface area contributed by atoms with Gasteiger partial charge in [-0.05, 0) is 31.2 Å². The number of hydrogen-bond acceptors (Lipinski definition) is 6. The minimum atomic E-state index is -1.13. The summed E-state index contributed by atoms with van der Waals surface area (Å²) in [7, 11) is 1.45. The maximum atomic E-state index is 13.4. The van der Waals surface area contributed by atoms with E-state index in [-0.39, 0.29) is 11.3 Å². The highest BCUT2D eigenvalue weighted by atomic mass is 79.9. The number of ether oxygens (including phenoxy) is 2. The van der Waals surface area contributed by atoms with Crippen LogP contribution in [-0.4, -0.2) is 40.2 Å². The van der Waals surface area contributed by atoms with Gasteiger partial charge in [0.15, 0.2) is 23.4 Å². The molecule has 0 spiro atoms. The molecule has 1 aromatic heterocycles. The summed E-state index contributed by atoms with van der Waals surface area (Å²) in [5.74, 6) is -0.262. The summed E-state index contributed by atoms with van der Waals surface area (Å²) >= 11 is 3.41. The van der Waals surface area contributed by atoms with Crippen molar-refractivity contribution in [2.24, 2.45) is 5.10 Å². The number of carboxylic acids is 1. The van der Waals surface area contributed by atoms with Crippen molar-refractivity contribution in [1.82, 2.24) is 9.66 Å². The minimum absolute atomic E-state index is 0.187. The molecule has 4 rings (SSSR count). The zero-order valence-electron chi connectivity index (χ0n) is 18.3. The predicted molar refractivity (Wildman–Crippen MR) is 133 cm³/mol. The fraction of sp³-hybridized carbons (Fsp3) is 0.120. The van der Waals surface area contributed by atoms with Crippen molar-refractivity contribution in [3.8, 4) is 22.9 Å². The van der Waals surface area contributed by atoms with Crippen molar-refractivity contribution in [2.45, 2.75) is 13.0 Å². The average molecular weight is 522 g/mol. The van der Waals surface area contributed by atoms with E-state index < -0.39 is 12.1 Å². The molecule has 0 saturated carbocycles. The van der Waals surface area contributed by atoms with E-state index >= 15 is 0 Å². The monoisotopic (exact) mass is 521 g/mol. The Hall–Kier alpha value is -3.98. The number of fused-ring (bicyclic) bond motifs is 1. The van der Waals surface area contributed by atoms with Crippen LogP contribution in [0.1, 0.15) is 12.5 Å². The first-order chi connectivity index (χ1) is 16.4. The maximum Gasteiger partial charge on any atom is 0.344 e. The largest absolute Gasteiger partial charge is 0.493 e. The lowest BCUT2D eigenvalue weighted by atomic mass is 10.2. The van der Waals surface area contributed by atoms with Crippen LogP contribution < -0.4 is 15.0 Å². The molecule has 4 aromatic rings. The highest BCUT2D eigenvalue weighted by Gasteiger charge is 2.19. The molecular weight excluding hydrogens is 502 g/mol. The molecule has 3 aromatic carbocycles. The summed E-state index contributed by atoms with van der Waals surface area (Å²) in [5, 5.41) is 14.2. The van der Waals surface area contributed by atoms with Gasteiger partial charge < -0.3 is 14.6 Å². The van der Waals surface area contributed by atoms with Crippen molar-refractivity contribution >= 4 is 39.0 Å². The first-order valence-corrected chi connectivity index (χ1v) is 11.1. The van der Waals surface area contributed by atoms with Crippen molar-refractivity contribution in [3.05, 3.63) is 87.1 Å². The molecule has 0 bridgehead atoms. The summed E-state index contributed by atoms with van der Waals surface area (Å²) in [6.45, 7) is 1.41. The third-order valence-electron chi connectivity index (χ3n) is 5.01. The highest BCUT2D eigenvalue weighted by Crippen LogP contribution is 2.35. The SMILES string of the molecule is COc1cc(Br)cc(C=Nn2c(-c3ccccc3)nc3ccccc3c2=O)c1O[C@H](C)C(=O)O. The first-order valence-electron chi connectivity index (χ1n) is 10.3. The summed E-state index contributed by atoms with van der Waals surface area (Å²) in [4.78, 5) is 29.4. The molecule has 0 saturated heterocycles. The first kappa shape index (κ1) is 23.2. The van der Waals surface area contributed by atoms with Crippen molar-refractivity contribution in [1.29, 1.82) is 0 Å². The molecule has 0 aliphatic carbocycles. The molecule has 0 radical (unpaired) electrons. The fourth-order valence-electron chi connectivity index (χ4n) is 3.31. The standard InChI is InChI=1S/C25H20BrN3O5/c1-15(25(31)32)34-22-17(12-18(26)13-21(22)33-2)14-27-29-23(16-8-4-3-5-9-16)28-20-11-7-6-10-19(20)24(29)30/h3-15H,1-2H3,(H,31,32)/t15-/m1/s1. The van der Waals surface area contributed by atoms with Gasteiger partial charge in [0.2, 0.25) is 0 Å². The van der Waals surface area contributed by atoms with E-state index in [2.05, 4.69) is 26.0 Å². The van der Waals surface area contributed by atoms with Crippen LogP contribution in [0.3, 0.4) is 0 Å². The van der Waals surface area contributed by atoms with Crippen LogP contribution in [0, 0.1) is 0 Å². The van der Waals surface area contributed by atoms with Gasteiger partial charge in [-0.25, -0.2) is 9.78 Å². The quantitative estimate of drug-likeness (QED) is 0.357. The molecule has 1 atom stereocenters. The topological polar surface area (TPSA) is 103 Å². The molecule has 0 amide bonds. The van der Waals surface area contributed by atoms with Gasteiger partial charge in [-0.2, -0.15) is 9.78 Å². The van der Waals surface area contributed by atoms with Crippen LogP contribution in [0.2, 0.25) is 0 Å². The molecular formula is C25H20BrN3O5. The van der Waals surface area contributed by atoms with Gasteiger partial charge in [-0.3, -0.25) is 4.79 Å². The van der Waals surface area contributed by atoms with Crippen molar-refractivity contribution < 1.29 is 19.4 Å². The van der Waals surface area contributed by atoms with Crippen LogP contribution in [-0.2, 0) is 4.79 Å². The van der Waals surface area contributed by atoms with Gasteiger partial charge in [0.1, 0.15) is 0 Å². The zero-order valence-corrected chi connectivity index (χ0v) is 19.9. The number of hydrogen-bond donors (Lipinski definition) is 1. The lowest BCUT2D eigenvalue weighted by molar-refractivity contribution is -0.144. The summed E-state index contributed by atoms with van der Waals surface area (Å²) in [6, 6.07) is 19.6. The van der Waals surface area contributed by atoms with Crippen molar-refractivity contribution in [2.75, 3.05) is 7.11 Å². The summed E-state index contributed by atoms with van der Waals surface area (Å²) in [6.07, 6.45) is 0.286. The second kappa shape index (κ2) is 9.88. The van der Waals surface area contributed by atoms with Crippen LogP contribution in [0.25, 0.3) is 22.3 Å². The number of halogens is 1. The average Bonchev–Trinajstić information content (AvgIpc) is 2.84. The summed E-state index contributed by atoms with van der Waals surface area (Å²) < 4.78 is 12.9. The number of methoxy groups -OCH3 is 1. The number of benzene rings is 3. The Kier molecular flexibility index (Phi) is 6.74. The van der Waals surface area contributed by atoms with Gasteiger partial charge in [-0.1, -0.05) is 58.4 Å². The van der Waals surface area contributed by atoms with Crippen LogP contribution in [0.5, 0.6) is 11.5 Å². The zero-order chi connectivity index (χ0) is 24.2. The maximum absolute atomic E-state index is 13.4. The van der Waals surface area contributed by atoms with Gasteiger partial charge in [0, 0.05) is 15.6 Å². The van der Waals surface area contributed by atoms with E-state index in [1.165, 1.54) is 24.9 Å². The molecule has 1 N–H and O–H groups in total. The van der Waals surface area contributed by atoms with Gasteiger partial charge in [0.25, 0.3) is 5.56 Å². The normalized spacial score (nSPS) is 12.1. The van der Waals surface area contributed by atoms with E-state index in [1.54, 1.807) is 30.3 Å². The third kappa shape index (κ3) is 4.69. The fourth-order valence-corrected chi connectivity index (χ4v) is 3.77. The van der Waals surface area contributed by atoms with Gasteiger partial charge >= 0.3 is 5.97 Å². The second-order valence-corrected chi connectivity index (χ2v) is 8.22. The molecule has 172 valence electrons. The Labute approximate surface area is 203 Å². The molecule has 34 heavy (non-hydrogen) atoms. The lowest BCUT2D eigenvalue weighted by Gasteiger charge is -2.16. The van der Waals surface area contributed by atoms with E-state index in [0.29, 0.717) is 38.1 Å². The number of aromatic nitrogens is 2. The number of para-hydroxylation sites is 1.